The average Bonchev–Trinajstić information content (AvgIpc) is 3.13. The third-order valence-corrected chi connectivity index (χ3v) is 5.52. The van der Waals surface area contributed by atoms with E-state index in [0.29, 0.717) is 31.1 Å². The Balaban J connectivity index is 1.42. The van der Waals surface area contributed by atoms with Crippen molar-refractivity contribution in [1.29, 1.82) is 0 Å². The second-order valence-corrected chi connectivity index (χ2v) is 7.62. The van der Waals surface area contributed by atoms with E-state index in [0.717, 1.165) is 28.1 Å². The number of hydrogen-bond donors (Lipinski definition) is 1. The van der Waals surface area contributed by atoms with Crippen molar-refractivity contribution < 1.29 is 23.8 Å². The van der Waals surface area contributed by atoms with E-state index in [1.807, 2.05) is 55.5 Å². The summed E-state index contributed by atoms with van der Waals surface area (Å²) in [7, 11) is 0. The molecule has 4 rings (SSSR count). The number of amides is 1. The highest BCUT2D eigenvalue weighted by Gasteiger charge is 2.33. The second-order valence-electron chi connectivity index (χ2n) is 7.62. The van der Waals surface area contributed by atoms with Crippen molar-refractivity contribution in [2.45, 2.75) is 39.3 Å². The predicted octanol–water partition coefficient (Wildman–Crippen LogP) is 3.63. The van der Waals surface area contributed by atoms with Gasteiger partial charge in [0.2, 0.25) is 11.8 Å². The van der Waals surface area contributed by atoms with Crippen molar-refractivity contribution >= 4 is 11.9 Å². The quantitative estimate of drug-likeness (QED) is 0.655. The lowest BCUT2D eigenvalue weighted by molar-refractivity contribution is -0.150. The Bertz CT molecular complexity index is 1110. The van der Waals surface area contributed by atoms with E-state index in [1.54, 1.807) is 0 Å². The Morgan fingerprint density at radius 1 is 1.19 bits per heavy atom. The van der Waals surface area contributed by atoms with Crippen LogP contribution in [0.1, 0.15) is 29.5 Å². The molecule has 0 unspecified atom stereocenters. The molecular weight excluding hydrogens is 396 g/mol. The zero-order chi connectivity index (χ0) is 22.0. The molecule has 3 aromatic rings. The number of oxazole rings is 1. The number of rotatable bonds is 6. The van der Waals surface area contributed by atoms with E-state index in [1.165, 1.54) is 11.8 Å². The van der Waals surface area contributed by atoms with Gasteiger partial charge in [-0.3, -0.25) is 4.79 Å². The highest BCUT2D eigenvalue weighted by Crippen LogP contribution is 2.28. The Hall–Kier alpha value is -3.61. The molecule has 1 aromatic heterocycles. The normalized spacial score (nSPS) is 15.4. The lowest BCUT2D eigenvalue weighted by Gasteiger charge is -2.33. The molecule has 2 heterocycles. The monoisotopic (exact) mass is 420 g/mol. The predicted molar refractivity (Wildman–Crippen MR) is 114 cm³/mol. The molecule has 0 saturated heterocycles. The van der Waals surface area contributed by atoms with Crippen LogP contribution < -0.4 is 4.74 Å². The maximum atomic E-state index is 11.9. The number of carbonyl (C=O) groups is 2. The fourth-order valence-corrected chi connectivity index (χ4v) is 3.83. The zero-order valence-corrected chi connectivity index (χ0v) is 17.5. The Morgan fingerprint density at radius 3 is 2.68 bits per heavy atom. The third-order valence-electron chi connectivity index (χ3n) is 5.52. The van der Waals surface area contributed by atoms with Gasteiger partial charge in [-0.25, -0.2) is 9.78 Å². The first-order valence-electron chi connectivity index (χ1n) is 10.2. The van der Waals surface area contributed by atoms with Gasteiger partial charge in [-0.1, -0.05) is 24.3 Å². The van der Waals surface area contributed by atoms with Crippen LogP contribution >= 0.6 is 0 Å². The first kappa shape index (κ1) is 20.7. The van der Waals surface area contributed by atoms with Gasteiger partial charge in [-0.05, 0) is 42.3 Å². The van der Waals surface area contributed by atoms with E-state index in [2.05, 4.69) is 4.98 Å². The molecular formula is C24H24N2O5. The van der Waals surface area contributed by atoms with Gasteiger partial charge < -0.3 is 19.2 Å². The first-order valence-corrected chi connectivity index (χ1v) is 10.2. The SMILES string of the molecule is CC(=O)N1Cc2cc(OCCc3nc(-c4ccccc4)oc3C)ccc2C[C@H]1C(=O)O. The number of carboxylic acid groups (broad SMARTS) is 1. The molecule has 7 heteroatoms. The van der Waals surface area contributed by atoms with Gasteiger partial charge in [0.25, 0.3) is 0 Å². The minimum Gasteiger partial charge on any atom is -0.493 e. The summed E-state index contributed by atoms with van der Waals surface area (Å²) >= 11 is 0. The van der Waals surface area contributed by atoms with Crippen LogP contribution in [0.3, 0.4) is 0 Å². The minimum absolute atomic E-state index is 0.250. The lowest BCUT2D eigenvalue weighted by Crippen LogP contribution is -2.47. The van der Waals surface area contributed by atoms with Crippen molar-refractivity contribution in [3.63, 3.8) is 0 Å². The van der Waals surface area contributed by atoms with Crippen molar-refractivity contribution in [2.24, 2.45) is 0 Å². The van der Waals surface area contributed by atoms with Crippen LogP contribution in [-0.2, 0) is 29.0 Å². The van der Waals surface area contributed by atoms with Gasteiger partial charge in [0.1, 0.15) is 17.6 Å². The van der Waals surface area contributed by atoms with Crippen LogP contribution in [0.15, 0.2) is 52.9 Å². The smallest absolute Gasteiger partial charge is 0.326 e. The van der Waals surface area contributed by atoms with Crippen LogP contribution in [0.25, 0.3) is 11.5 Å². The number of fused-ring (bicyclic) bond motifs is 1. The number of benzene rings is 2. The lowest BCUT2D eigenvalue weighted by atomic mass is 9.93. The minimum atomic E-state index is -0.987. The summed E-state index contributed by atoms with van der Waals surface area (Å²) in [4.78, 5) is 29.4. The molecule has 0 bridgehead atoms. The molecule has 7 nitrogen and oxygen atoms in total. The molecule has 160 valence electrons. The Morgan fingerprint density at radius 2 is 1.97 bits per heavy atom. The third kappa shape index (κ3) is 4.45. The number of aromatic nitrogens is 1. The summed E-state index contributed by atoms with van der Waals surface area (Å²) in [6.07, 6.45) is 0.894. The first-order chi connectivity index (χ1) is 14.9. The summed E-state index contributed by atoms with van der Waals surface area (Å²) < 4.78 is 11.7. The van der Waals surface area contributed by atoms with Crippen molar-refractivity contribution in [2.75, 3.05) is 6.61 Å². The highest BCUT2D eigenvalue weighted by molar-refractivity contribution is 5.83. The van der Waals surface area contributed by atoms with Crippen LogP contribution in [0.5, 0.6) is 5.75 Å². The number of nitrogens with zero attached hydrogens (tertiary/aromatic N) is 2. The standard InChI is InChI=1S/C24H24N2O5/c1-15-21(25-23(31-15)17-6-4-3-5-7-17)10-11-30-20-9-8-18-13-22(24(28)29)26(16(2)27)14-19(18)12-20/h3-9,12,22H,10-11,13-14H2,1-2H3,(H,28,29)/t22-/m0/s1. The number of aryl methyl sites for hydroxylation is 1. The van der Waals surface area contributed by atoms with E-state index < -0.39 is 12.0 Å². The molecule has 0 fully saturated rings. The summed E-state index contributed by atoms with van der Waals surface area (Å²) in [5.41, 5.74) is 3.62. The van der Waals surface area contributed by atoms with Gasteiger partial charge in [-0.2, -0.15) is 0 Å². The number of aliphatic carboxylic acids is 1. The average molecular weight is 420 g/mol. The van der Waals surface area contributed by atoms with E-state index in [-0.39, 0.29) is 12.5 Å². The zero-order valence-electron chi connectivity index (χ0n) is 17.5. The molecule has 1 amide bonds. The van der Waals surface area contributed by atoms with Crippen molar-refractivity contribution in [3.05, 3.63) is 71.1 Å². The van der Waals surface area contributed by atoms with Crippen LogP contribution in [0, 0.1) is 6.92 Å². The summed E-state index contributed by atoms with van der Waals surface area (Å²) in [6.45, 7) is 3.98. The topological polar surface area (TPSA) is 92.9 Å². The molecule has 0 spiro atoms. The van der Waals surface area contributed by atoms with E-state index in [4.69, 9.17) is 9.15 Å². The fraction of sp³-hybridized carbons (Fsp3) is 0.292. The maximum Gasteiger partial charge on any atom is 0.326 e. The molecule has 1 atom stereocenters. The summed E-state index contributed by atoms with van der Waals surface area (Å²) in [5.74, 6) is 0.809. The van der Waals surface area contributed by atoms with Gasteiger partial charge in [0.05, 0.1) is 12.3 Å². The molecule has 1 N–H and O–H groups in total. The summed E-state index contributed by atoms with van der Waals surface area (Å²) in [5, 5.41) is 9.43. The second kappa shape index (κ2) is 8.63. The van der Waals surface area contributed by atoms with E-state index in [9.17, 15) is 14.7 Å². The number of carbonyl (C=O) groups excluding carboxylic acids is 1. The Kier molecular flexibility index (Phi) is 5.75. The number of ether oxygens (including phenoxy) is 1. The molecule has 2 aromatic carbocycles. The van der Waals surface area contributed by atoms with Gasteiger partial charge in [0, 0.05) is 31.9 Å². The van der Waals surface area contributed by atoms with Crippen molar-refractivity contribution in [3.8, 4) is 17.2 Å². The van der Waals surface area contributed by atoms with Crippen LogP contribution in [0.2, 0.25) is 0 Å². The Labute approximate surface area is 180 Å². The molecule has 0 aliphatic carbocycles. The molecule has 1 aliphatic heterocycles. The van der Waals surface area contributed by atoms with Gasteiger partial charge >= 0.3 is 5.97 Å². The molecule has 31 heavy (non-hydrogen) atoms. The fourth-order valence-electron chi connectivity index (χ4n) is 3.83. The molecule has 0 saturated carbocycles. The van der Waals surface area contributed by atoms with Gasteiger partial charge in [-0.15, -0.1) is 0 Å². The van der Waals surface area contributed by atoms with Crippen LogP contribution in [0.4, 0.5) is 0 Å². The van der Waals surface area contributed by atoms with Crippen LogP contribution in [-0.4, -0.2) is 39.5 Å². The van der Waals surface area contributed by atoms with E-state index >= 15 is 0 Å². The largest absolute Gasteiger partial charge is 0.493 e. The maximum absolute atomic E-state index is 11.9. The highest BCUT2D eigenvalue weighted by atomic mass is 16.5. The number of carboxylic acids is 1. The molecule has 1 aliphatic rings. The number of hydrogen-bond acceptors (Lipinski definition) is 5. The summed E-state index contributed by atoms with van der Waals surface area (Å²) in [6, 6.07) is 14.5. The van der Waals surface area contributed by atoms with Gasteiger partial charge in [0.15, 0.2) is 0 Å². The van der Waals surface area contributed by atoms with Crippen molar-refractivity contribution in [1.82, 2.24) is 9.88 Å². The molecule has 0 radical (unpaired) electrons.